The summed E-state index contributed by atoms with van der Waals surface area (Å²) in [6.45, 7) is 2.52. The first-order valence-corrected chi connectivity index (χ1v) is 8.16. The summed E-state index contributed by atoms with van der Waals surface area (Å²) in [7, 11) is 0. The molecule has 6 nitrogen and oxygen atoms in total. The predicted molar refractivity (Wildman–Crippen MR) is 91.4 cm³/mol. The van der Waals surface area contributed by atoms with Gasteiger partial charge in [0.05, 0.1) is 18.8 Å². The lowest BCUT2D eigenvalue weighted by atomic mass is 10.1. The van der Waals surface area contributed by atoms with Crippen molar-refractivity contribution in [2.45, 2.75) is 32.9 Å². The predicted octanol–water partition coefficient (Wildman–Crippen LogP) is 1.97. The molecule has 0 saturated carbocycles. The van der Waals surface area contributed by atoms with E-state index in [0.29, 0.717) is 12.1 Å². The van der Waals surface area contributed by atoms with Crippen LogP contribution in [0.2, 0.25) is 0 Å². The van der Waals surface area contributed by atoms with E-state index in [-0.39, 0.29) is 37.1 Å². The fourth-order valence-corrected chi connectivity index (χ4v) is 2.71. The number of nitrogens with zero attached hydrogens (tertiary/aromatic N) is 2. The lowest BCUT2D eigenvalue weighted by Gasteiger charge is -2.14. The van der Waals surface area contributed by atoms with Crippen molar-refractivity contribution < 1.29 is 14.4 Å². The fourth-order valence-electron chi connectivity index (χ4n) is 2.71. The fraction of sp³-hybridized carbons (Fsp3) is 0.263. The van der Waals surface area contributed by atoms with Gasteiger partial charge in [0.1, 0.15) is 0 Å². The van der Waals surface area contributed by atoms with Crippen molar-refractivity contribution in [1.29, 1.82) is 0 Å². The molecule has 2 heterocycles. The molecule has 3 rings (SSSR count). The van der Waals surface area contributed by atoms with Crippen LogP contribution in [0.5, 0.6) is 0 Å². The zero-order chi connectivity index (χ0) is 17.8. The molecule has 1 aromatic carbocycles. The Kier molecular flexibility index (Phi) is 4.88. The van der Waals surface area contributed by atoms with Gasteiger partial charge in [-0.15, -0.1) is 0 Å². The van der Waals surface area contributed by atoms with Crippen LogP contribution in [0.3, 0.4) is 0 Å². The number of carbonyl (C=O) groups excluding carboxylic acids is 3. The van der Waals surface area contributed by atoms with E-state index in [1.54, 1.807) is 24.3 Å². The zero-order valence-corrected chi connectivity index (χ0v) is 14.0. The Morgan fingerprint density at radius 2 is 1.76 bits per heavy atom. The van der Waals surface area contributed by atoms with Crippen molar-refractivity contribution in [2.75, 3.05) is 0 Å². The third-order valence-electron chi connectivity index (χ3n) is 4.09. The summed E-state index contributed by atoms with van der Waals surface area (Å²) in [6, 6.07) is 12.6. The average Bonchev–Trinajstić information content (AvgIpc) is 2.92. The zero-order valence-electron chi connectivity index (χ0n) is 14.0. The van der Waals surface area contributed by atoms with Crippen LogP contribution in [0.25, 0.3) is 0 Å². The molecule has 25 heavy (non-hydrogen) atoms. The van der Waals surface area contributed by atoms with E-state index in [1.807, 2.05) is 25.1 Å². The Labute approximate surface area is 145 Å². The number of aromatic nitrogens is 1. The molecule has 1 aliphatic rings. The van der Waals surface area contributed by atoms with Gasteiger partial charge in [-0.1, -0.05) is 18.2 Å². The standard InChI is InChI=1S/C19H19N3O3/c1-13-3-2-4-16(21-13)11-20-19(25)15-7-5-14(6-8-15)12-22-17(23)9-10-18(22)24/h2-8H,9-12H2,1H3,(H,20,25). The van der Waals surface area contributed by atoms with Crippen molar-refractivity contribution in [2.24, 2.45) is 0 Å². The maximum absolute atomic E-state index is 12.2. The number of imide groups is 1. The molecule has 0 unspecified atom stereocenters. The minimum absolute atomic E-state index is 0.141. The van der Waals surface area contributed by atoms with E-state index in [1.165, 1.54) is 4.90 Å². The Morgan fingerprint density at radius 3 is 2.40 bits per heavy atom. The number of aryl methyl sites for hydroxylation is 1. The third kappa shape index (κ3) is 4.09. The van der Waals surface area contributed by atoms with Gasteiger partial charge in [0.2, 0.25) is 11.8 Å². The van der Waals surface area contributed by atoms with Crippen LogP contribution >= 0.6 is 0 Å². The summed E-state index contributed by atoms with van der Waals surface area (Å²) in [5.41, 5.74) is 3.05. The van der Waals surface area contributed by atoms with Crippen LogP contribution in [0, 0.1) is 6.92 Å². The number of nitrogens with one attached hydrogen (secondary N) is 1. The first-order chi connectivity index (χ1) is 12.0. The van der Waals surface area contributed by atoms with E-state index in [4.69, 9.17) is 0 Å². The quantitative estimate of drug-likeness (QED) is 0.846. The van der Waals surface area contributed by atoms with E-state index in [0.717, 1.165) is 17.0 Å². The number of carbonyl (C=O) groups is 3. The second kappa shape index (κ2) is 7.25. The van der Waals surface area contributed by atoms with Gasteiger partial charge in [-0.05, 0) is 36.8 Å². The first kappa shape index (κ1) is 16.8. The molecule has 0 radical (unpaired) electrons. The highest BCUT2D eigenvalue weighted by Crippen LogP contribution is 2.16. The van der Waals surface area contributed by atoms with E-state index < -0.39 is 0 Å². The van der Waals surface area contributed by atoms with Crippen LogP contribution in [0.15, 0.2) is 42.5 Å². The molecule has 0 spiro atoms. The number of benzene rings is 1. The van der Waals surface area contributed by atoms with Crippen LogP contribution in [-0.2, 0) is 22.7 Å². The summed E-state index contributed by atoms with van der Waals surface area (Å²) in [5, 5.41) is 2.83. The summed E-state index contributed by atoms with van der Waals surface area (Å²) in [5.74, 6) is -0.474. The molecule has 1 aliphatic heterocycles. The van der Waals surface area contributed by atoms with Crippen molar-refractivity contribution in [3.63, 3.8) is 0 Å². The molecule has 1 aromatic heterocycles. The van der Waals surface area contributed by atoms with Gasteiger partial charge in [0, 0.05) is 24.1 Å². The summed E-state index contributed by atoms with van der Waals surface area (Å²) in [4.78, 5) is 41.1. The highest BCUT2D eigenvalue weighted by atomic mass is 16.2. The SMILES string of the molecule is Cc1cccc(CNC(=O)c2ccc(CN3C(=O)CCC3=O)cc2)n1. The summed E-state index contributed by atoms with van der Waals surface area (Å²) >= 11 is 0. The highest BCUT2D eigenvalue weighted by Gasteiger charge is 2.28. The molecule has 6 heteroatoms. The molecule has 0 aliphatic carbocycles. The molecule has 1 N–H and O–H groups in total. The second-order valence-corrected chi connectivity index (χ2v) is 6.02. The third-order valence-corrected chi connectivity index (χ3v) is 4.09. The number of pyridine rings is 1. The van der Waals surface area contributed by atoms with E-state index in [9.17, 15) is 14.4 Å². The Hall–Kier alpha value is -3.02. The molecule has 128 valence electrons. The monoisotopic (exact) mass is 337 g/mol. The van der Waals surface area contributed by atoms with Crippen LogP contribution < -0.4 is 5.32 Å². The molecule has 3 amide bonds. The van der Waals surface area contributed by atoms with Crippen molar-refractivity contribution in [1.82, 2.24) is 15.2 Å². The minimum atomic E-state index is -0.191. The Balaban J connectivity index is 1.59. The summed E-state index contributed by atoms with van der Waals surface area (Å²) in [6.07, 6.45) is 0.568. The highest BCUT2D eigenvalue weighted by molar-refractivity contribution is 6.01. The minimum Gasteiger partial charge on any atom is -0.346 e. The van der Waals surface area contributed by atoms with Gasteiger partial charge in [-0.3, -0.25) is 24.3 Å². The molecule has 1 saturated heterocycles. The topological polar surface area (TPSA) is 79.4 Å². The Morgan fingerprint density at radius 1 is 1.08 bits per heavy atom. The van der Waals surface area contributed by atoms with Crippen LogP contribution in [-0.4, -0.2) is 27.6 Å². The maximum Gasteiger partial charge on any atom is 0.251 e. The van der Waals surface area contributed by atoms with Crippen molar-refractivity contribution in [3.05, 3.63) is 65.0 Å². The van der Waals surface area contributed by atoms with Crippen molar-refractivity contribution in [3.8, 4) is 0 Å². The van der Waals surface area contributed by atoms with Crippen molar-refractivity contribution >= 4 is 17.7 Å². The largest absolute Gasteiger partial charge is 0.346 e. The molecule has 2 aromatic rings. The molecular weight excluding hydrogens is 318 g/mol. The average molecular weight is 337 g/mol. The van der Waals surface area contributed by atoms with Gasteiger partial charge >= 0.3 is 0 Å². The van der Waals surface area contributed by atoms with Crippen LogP contribution in [0.1, 0.15) is 40.2 Å². The van der Waals surface area contributed by atoms with Crippen LogP contribution in [0.4, 0.5) is 0 Å². The smallest absolute Gasteiger partial charge is 0.251 e. The molecular formula is C19H19N3O3. The molecule has 0 atom stereocenters. The number of hydrogen-bond donors (Lipinski definition) is 1. The van der Waals surface area contributed by atoms with Gasteiger partial charge in [-0.25, -0.2) is 0 Å². The first-order valence-electron chi connectivity index (χ1n) is 8.16. The van der Waals surface area contributed by atoms with E-state index >= 15 is 0 Å². The number of amides is 3. The van der Waals surface area contributed by atoms with E-state index in [2.05, 4.69) is 10.3 Å². The summed E-state index contributed by atoms with van der Waals surface area (Å²) < 4.78 is 0. The van der Waals surface area contributed by atoms with Gasteiger partial charge in [0.15, 0.2) is 0 Å². The Bertz CT molecular complexity index is 799. The molecule has 0 bridgehead atoms. The van der Waals surface area contributed by atoms with Gasteiger partial charge in [-0.2, -0.15) is 0 Å². The lowest BCUT2D eigenvalue weighted by molar-refractivity contribution is -0.139. The second-order valence-electron chi connectivity index (χ2n) is 6.02. The van der Waals surface area contributed by atoms with Gasteiger partial charge in [0.25, 0.3) is 5.91 Å². The number of rotatable bonds is 5. The van der Waals surface area contributed by atoms with Gasteiger partial charge < -0.3 is 5.32 Å². The normalized spacial score (nSPS) is 14.0. The lowest BCUT2D eigenvalue weighted by Crippen LogP contribution is -2.28. The number of hydrogen-bond acceptors (Lipinski definition) is 4. The number of likely N-dealkylation sites (tertiary alicyclic amines) is 1. The molecule has 1 fully saturated rings. The maximum atomic E-state index is 12.2.